The van der Waals surface area contributed by atoms with E-state index in [1.807, 2.05) is 0 Å². The van der Waals surface area contributed by atoms with E-state index >= 15 is 0 Å². The molecule has 1 atom stereocenters. The molecule has 3 N–H and O–H groups in total. The largest absolute Gasteiger partial charge is 0.321 e. The molecule has 0 fully saturated rings. The lowest BCUT2D eigenvalue weighted by molar-refractivity contribution is 0.572. The zero-order valence-corrected chi connectivity index (χ0v) is 20.6. The molecule has 1 unspecified atom stereocenters. The molecule has 0 aliphatic carbocycles. The van der Waals surface area contributed by atoms with Crippen molar-refractivity contribution in [1.82, 2.24) is 19.3 Å². The number of halogens is 2. The molecule has 0 spiro atoms. The third-order valence-electron chi connectivity index (χ3n) is 5.88. The Morgan fingerprint density at radius 2 is 1.70 bits per heavy atom. The van der Waals surface area contributed by atoms with Crippen LogP contribution in [0.25, 0.3) is 27.5 Å². The first-order valence-electron chi connectivity index (χ1n) is 11.2. The van der Waals surface area contributed by atoms with Crippen LogP contribution in [0.15, 0.2) is 65.5 Å². The van der Waals surface area contributed by atoms with Crippen LogP contribution in [0, 0.1) is 11.6 Å². The second-order valence-corrected chi connectivity index (χ2v) is 10.5. The molecule has 5 aromatic rings. The summed E-state index contributed by atoms with van der Waals surface area (Å²) < 4.78 is 56.6. The van der Waals surface area contributed by atoms with Gasteiger partial charge in [0.05, 0.1) is 34.4 Å². The summed E-state index contributed by atoms with van der Waals surface area (Å²) in [6.07, 6.45) is 1.02. The summed E-state index contributed by atoms with van der Waals surface area (Å²) in [5.74, 6) is -1.21. The lowest BCUT2D eigenvalue weighted by atomic mass is 10.0. The number of nitrogens with one attached hydrogen (secondary N) is 1. The average Bonchev–Trinajstić information content (AvgIpc) is 3.12. The molecule has 3 aromatic carbocycles. The van der Waals surface area contributed by atoms with Gasteiger partial charge in [0.1, 0.15) is 17.5 Å². The van der Waals surface area contributed by atoms with E-state index < -0.39 is 33.3 Å². The number of benzene rings is 3. The summed E-state index contributed by atoms with van der Waals surface area (Å²) in [7, 11) is -2.00. The van der Waals surface area contributed by atoms with Gasteiger partial charge < -0.3 is 5.73 Å². The normalized spacial score (nSPS) is 12.8. The SMILES string of the molecule is Cn1nc(NS(C)(=O)=O)c2cccc(-n3c(C(N)Cc4cc(F)cc(F)c4)nc4ccccc4c3=O)c21. The van der Waals surface area contributed by atoms with Gasteiger partial charge in [-0.15, -0.1) is 0 Å². The van der Waals surface area contributed by atoms with Crippen molar-refractivity contribution in [3.05, 3.63) is 94.0 Å². The maximum absolute atomic E-state index is 13.8. The van der Waals surface area contributed by atoms with E-state index in [-0.39, 0.29) is 18.1 Å². The molecule has 0 radical (unpaired) electrons. The second-order valence-electron chi connectivity index (χ2n) is 8.74. The topological polar surface area (TPSA) is 125 Å². The van der Waals surface area contributed by atoms with Gasteiger partial charge in [-0.1, -0.05) is 18.2 Å². The zero-order valence-electron chi connectivity index (χ0n) is 19.8. The van der Waals surface area contributed by atoms with Gasteiger partial charge >= 0.3 is 0 Å². The minimum atomic E-state index is -3.62. The monoisotopic (exact) mass is 524 g/mol. The van der Waals surface area contributed by atoms with Gasteiger partial charge in [-0.25, -0.2) is 22.2 Å². The summed E-state index contributed by atoms with van der Waals surface area (Å²) in [6.45, 7) is 0. The highest BCUT2D eigenvalue weighted by molar-refractivity contribution is 7.92. The van der Waals surface area contributed by atoms with Crippen LogP contribution in [0.3, 0.4) is 0 Å². The first-order valence-corrected chi connectivity index (χ1v) is 13.1. The van der Waals surface area contributed by atoms with Crippen molar-refractivity contribution < 1.29 is 17.2 Å². The number of rotatable bonds is 6. The van der Waals surface area contributed by atoms with Gasteiger partial charge in [-0.2, -0.15) is 5.10 Å². The Hall–Kier alpha value is -4.16. The molecule has 0 aliphatic heterocycles. The number of fused-ring (bicyclic) bond motifs is 2. The van der Waals surface area contributed by atoms with Crippen molar-refractivity contribution in [1.29, 1.82) is 0 Å². The van der Waals surface area contributed by atoms with E-state index in [4.69, 9.17) is 5.73 Å². The van der Waals surface area contributed by atoms with E-state index in [9.17, 15) is 22.0 Å². The average molecular weight is 525 g/mol. The Morgan fingerprint density at radius 3 is 2.41 bits per heavy atom. The molecule has 0 bridgehead atoms. The van der Waals surface area contributed by atoms with Crippen LogP contribution in [0.1, 0.15) is 17.4 Å². The summed E-state index contributed by atoms with van der Waals surface area (Å²) in [6, 6.07) is 14.0. The molecule has 2 aromatic heterocycles. The quantitative estimate of drug-likeness (QED) is 0.352. The number of para-hydroxylation sites is 2. The molecular weight excluding hydrogens is 502 g/mol. The number of anilines is 1. The minimum Gasteiger partial charge on any atom is -0.321 e. The molecule has 0 amide bonds. The van der Waals surface area contributed by atoms with Crippen LogP contribution >= 0.6 is 0 Å². The fourth-order valence-corrected chi connectivity index (χ4v) is 4.96. The predicted octanol–water partition coefficient (Wildman–Crippen LogP) is 3.16. The molecule has 2 heterocycles. The Labute approximate surface area is 210 Å². The molecule has 0 saturated carbocycles. The van der Waals surface area contributed by atoms with E-state index in [1.54, 1.807) is 49.5 Å². The summed E-state index contributed by atoms with van der Waals surface area (Å²) in [5.41, 5.74) is 7.65. The summed E-state index contributed by atoms with van der Waals surface area (Å²) >= 11 is 0. The molecule has 0 aliphatic rings. The standard InChI is InChI=1S/C25H22F2N6O3S/c1-32-22-18(23(30-32)31-37(2,35)36)7-5-9-21(22)33-24(29-20-8-4-3-6-17(20)25(33)34)19(28)12-14-10-15(26)13-16(27)11-14/h3-11,13,19H,12,28H2,1-2H3,(H,30,31). The van der Waals surface area contributed by atoms with Crippen molar-refractivity contribution >= 4 is 37.6 Å². The Kier molecular flexibility index (Phi) is 6.00. The molecule has 12 heteroatoms. The lowest BCUT2D eigenvalue weighted by Gasteiger charge is -2.19. The Morgan fingerprint density at radius 1 is 1.03 bits per heavy atom. The van der Waals surface area contributed by atoms with Gasteiger partial charge in [0.25, 0.3) is 5.56 Å². The molecule has 37 heavy (non-hydrogen) atoms. The van der Waals surface area contributed by atoms with Crippen LogP contribution in [-0.2, 0) is 23.5 Å². The van der Waals surface area contributed by atoms with Crippen molar-refractivity contribution in [2.24, 2.45) is 12.8 Å². The highest BCUT2D eigenvalue weighted by Crippen LogP contribution is 2.30. The third-order valence-corrected chi connectivity index (χ3v) is 6.44. The molecule has 0 saturated heterocycles. The first-order chi connectivity index (χ1) is 17.5. The maximum atomic E-state index is 13.8. The summed E-state index contributed by atoms with van der Waals surface area (Å²) in [5, 5.41) is 5.08. The fraction of sp³-hybridized carbons (Fsp3) is 0.160. The molecule has 9 nitrogen and oxygen atoms in total. The van der Waals surface area contributed by atoms with Crippen LogP contribution in [-0.4, -0.2) is 34.0 Å². The van der Waals surface area contributed by atoms with Crippen LogP contribution in [0.2, 0.25) is 0 Å². The maximum Gasteiger partial charge on any atom is 0.266 e. The number of nitrogens with zero attached hydrogens (tertiary/aromatic N) is 4. The van der Waals surface area contributed by atoms with Gasteiger partial charge in [0, 0.05) is 18.5 Å². The second kappa shape index (κ2) is 9.05. The first kappa shape index (κ1) is 24.5. The van der Waals surface area contributed by atoms with Gasteiger partial charge in [0.2, 0.25) is 10.0 Å². The van der Waals surface area contributed by atoms with Crippen LogP contribution in [0.5, 0.6) is 0 Å². The Balaban J connectivity index is 1.76. The number of nitrogens with two attached hydrogens (primary N) is 1. The van der Waals surface area contributed by atoms with Crippen molar-refractivity contribution in [2.75, 3.05) is 11.0 Å². The zero-order chi connectivity index (χ0) is 26.5. The highest BCUT2D eigenvalue weighted by Gasteiger charge is 2.23. The Bertz CT molecular complexity index is 1830. The van der Waals surface area contributed by atoms with Crippen LogP contribution < -0.4 is 16.0 Å². The van der Waals surface area contributed by atoms with Gasteiger partial charge in [0.15, 0.2) is 5.82 Å². The molecule has 190 valence electrons. The van der Waals surface area contributed by atoms with E-state index in [0.29, 0.717) is 33.1 Å². The molecular formula is C25H22F2N6O3S. The lowest BCUT2D eigenvalue weighted by Crippen LogP contribution is -2.30. The minimum absolute atomic E-state index is 0.00169. The highest BCUT2D eigenvalue weighted by atomic mass is 32.2. The fourth-order valence-electron chi connectivity index (χ4n) is 4.45. The number of hydrogen-bond acceptors (Lipinski definition) is 6. The van der Waals surface area contributed by atoms with Crippen molar-refractivity contribution in [3.63, 3.8) is 0 Å². The van der Waals surface area contributed by atoms with E-state index in [1.165, 1.54) is 21.4 Å². The number of aryl methyl sites for hydroxylation is 1. The van der Waals surface area contributed by atoms with Crippen molar-refractivity contribution in [3.8, 4) is 5.69 Å². The van der Waals surface area contributed by atoms with Gasteiger partial charge in [-0.05, 0) is 48.4 Å². The number of sulfonamides is 1. The number of hydrogen-bond donors (Lipinski definition) is 2. The smallest absolute Gasteiger partial charge is 0.266 e. The van der Waals surface area contributed by atoms with E-state index in [2.05, 4.69) is 14.8 Å². The predicted molar refractivity (Wildman–Crippen MR) is 137 cm³/mol. The summed E-state index contributed by atoms with van der Waals surface area (Å²) in [4.78, 5) is 18.5. The number of aromatic nitrogens is 4. The van der Waals surface area contributed by atoms with Crippen molar-refractivity contribution in [2.45, 2.75) is 12.5 Å². The van der Waals surface area contributed by atoms with E-state index in [0.717, 1.165) is 12.3 Å². The third kappa shape index (κ3) is 4.68. The van der Waals surface area contributed by atoms with Gasteiger partial charge in [-0.3, -0.25) is 18.8 Å². The molecule has 5 rings (SSSR count). The van der Waals surface area contributed by atoms with Crippen LogP contribution in [0.4, 0.5) is 14.6 Å².